The summed E-state index contributed by atoms with van der Waals surface area (Å²) in [6.07, 6.45) is 0.681. The maximum Gasteiger partial charge on any atom is 0.158 e. The van der Waals surface area contributed by atoms with Crippen LogP contribution in [-0.4, -0.2) is 43.0 Å². The summed E-state index contributed by atoms with van der Waals surface area (Å²) >= 11 is 0. The van der Waals surface area contributed by atoms with Gasteiger partial charge in [-0.2, -0.15) is 0 Å². The highest BCUT2D eigenvalue weighted by Crippen LogP contribution is 2.27. The lowest BCUT2D eigenvalue weighted by molar-refractivity contribution is -0.125. The first-order valence-corrected chi connectivity index (χ1v) is 5.19. The lowest BCUT2D eigenvalue weighted by atomic mass is 9.89. The van der Waals surface area contributed by atoms with E-state index in [-0.39, 0.29) is 17.9 Å². The van der Waals surface area contributed by atoms with Crippen molar-refractivity contribution in [3.05, 3.63) is 0 Å². The molecule has 1 saturated heterocycles. The van der Waals surface area contributed by atoms with Gasteiger partial charge in [0, 0.05) is 32.2 Å². The van der Waals surface area contributed by atoms with E-state index in [1.165, 1.54) is 0 Å². The summed E-state index contributed by atoms with van der Waals surface area (Å²) in [6, 6.07) is 0. The SMILES string of the molecule is COCC(=O)CC1CN(C(C)(C)C)C1. The minimum Gasteiger partial charge on any atom is -0.377 e. The monoisotopic (exact) mass is 199 g/mol. The van der Waals surface area contributed by atoms with Crippen LogP contribution < -0.4 is 0 Å². The summed E-state index contributed by atoms with van der Waals surface area (Å²) in [7, 11) is 1.57. The molecule has 0 spiro atoms. The molecule has 0 radical (unpaired) electrons. The fourth-order valence-electron chi connectivity index (χ4n) is 1.79. The van der Waals surface area contributed by atoms with Crippen molar-refractivity contribution in [2.75, 3.05) is 26.8 Å². The Morgan fingerprint density at radius 3 is 2.43 bits per heavy atom. The fraction of sp³-hybridized carbons (Fsp3) is 0.909. The Morgan fingerprint density at radius 2 is 2.00 bits per heavy atom. The summed E-state index contributed by atoms with van der Waals surface area (Å²) in [5, 5.41) is 0. The molecule has 3 heteroatoms. The first-order chi connectivity index (χ1) is 6.43. The molecule has 1 fully saturated rings. The number of ketones is 1. The van der Waals surface area contributed by atoms with Gasteiger partial charge in [-0.05, 0) is 26.7 Å². The normalized spacial score (nSPS) is 19.4. The van der Waals surface area contributed by atoms with Gasteiger partial charge in [-0.1, -0.05) is 0 Å². The molecule has 1 rings (SSSR count). The van der Waals surface area contributed by atoms with Gasteiger partial charge in [-0.15, -0.1) is 0 Å². The number of hydrogen-bond donors (Lipinski definition) is 0. The molecule has 1 aliphatic rings. The van der Waals surface area contributed by atoms with Gasteiger partial charge in [0.25, 0.3) is 0 Å². The van der Waals surface area contributed by atoms with Crippen molar-refractivity contribution in [3.8, 4) is 0 Å². The maximum absolute atomic E-state index is 11.3. The smallest absolute Gasteiger partial charge is 0.158 e. The molecule has 0 saturated carbocycles. The Morgan fingerprint density at radius 1 is 1.43 bits per heavy atom. The zero-order valence-corrected chi connectivity index (χ0v) is 9.67. The molecule has 0 bridgehead atoms. The van der Waals surface area contributed by atoms with Crippen LogP contribution >= 0.6 is 0 Å². The van der Waals surface area contributed by atoms with E-state index < -0.39 is 0 Å². The Labute approximate surface area is 86.4 Å². The predicted octanol–water partition coefficient (Wildman–Crippen LogP) is 1.32. The summed E-state index contributed by atoms with van der Waals surface area (Å²) in [6.45, 7) is 9.00. The molecule has 1 heterocycles. The number of carbonyl (C=O) groups is 1. The molecule has 0 aromatic carbocycles. The van der Waals surface area contributed by atoms with Gasteiger partial charge >= 0.3 is 0 Å². The van der Waals surface area contributed by atoms with Crippen molar-refractivity contribution >= 4 is 5.78 Å². The van der Waals surface area contributed by atoms with Crippen LogP contribution in [0.25, 0.3) is 0 Å². The van der Waals surface area contributed by atoms with Crippen molar-refractivity contribution < 1.29 is 9.53 Å². The lowest BCUT2D eigenvalue weighted by Crippen LogP contribution is -2.56. The average molecular weight is 199 g/mol. The highest BCUT2D eigenvalue weighted by Gasteiger charge is 2.34. The summed E-state index contributed by atoms with van der Waals surface area (Å²) in [4.78, 5) is 13.7. The van der Waals surface area contributed by atoms with Crippen LogP contribution in [0.1, 0.15) is 27.2 Å². The topological polar surface area (TPSA) is 29.5 Å². The van der Waals surface area contributed by atoms with Gasteiger partial charge in [0.1, 0.15) is 6.61 Å². The standard InChI is InChI=1S/C11H21NO2/c1-11(2,3)12-6-9(7-12)5-10(13)8-14-4/h9H,5-8H2,1-4H3. The van der Waals surface area contributed by atoms with E-state index in [2.05, 4.69) is 25.7 Å². The number of ether oxygens (including phenoxy) is 1. The largest absolute Gasteiger partial charge is 0.377 e. The number of rotatable bonds is 4. The molecule has 14 heavy (non-hydrogen) atoms. The average Bonchev–Trinajstić information content (AvgIpc) is 1.94. The molecule has 82 valence electrons. The maximum atomic E-state index is 11.3. The molecule has 0 aliphatic carbocycles. The second kappa shape index (κ2) is 4.41. The zero-order chi connectivity index (χ0) is 10.8. The van der Waals surface area contributed by atoms with Crippen LogP contribution in [0.3, 0.4) is 0 Å². The molecule has 3 nitrogen and oxygen atoms in total. The van der Waals surface area contributed by atoms with Gasteiger partial charge in [-0.3, -0.25) is 9.69 Å². The number of carbonyl (C=O) groups excluding carboxylic acids is 1. The third-order valence-electron chi connectivity index (χ3n) is 2.73. The molecule has 1 aliphatic heterocycles. The second-order valence-electron chi connectivity index (χ2n) is 5.12. The van der Waals surface area contributed by atoms with E-state index in [1.807, 2.05) is 0 Å². The van der Waals surface area contributed by atoms with E-state index in [4.69, 9.17) is 4.74 Å². The van der Waals surface area contributed by atoms with Gasteiger partial charge < -0.3 is 4.74 Å². The molecular formula is C11H21NO2. The third-order valence-corrected chi connectivity index (χ3v) is 2.73. The third kappa shape index (κ3) is 3.07. The van der Waals surface area contributed by atoms with Crippen molar-refractivity contribution in [1.82, 2.24) is 4.90 Å². The first kappa shape index (κ1) is 11.7. The second-order valence-corrected chi connectivity index (χ2v) is 5.12. The lowest BCUT2D eigenvalue weighted by Gasteiger charge is -2.47. The summed E-state index contributed by atoms with van der Waals surface area (Å²) < 4.78 is 4.80. The van der Waals surface area contributed by atoms with Crippen molar-refractivity contribution in [2.24, 2.45) is 5.92 Å². The van der Waals surface area contributed by atoms with E-state index >= 15 is 0 Å². The fourth-order valence-corrected chi connectivity index (χ4v) is 1.79. The molecule has 0 amide bonds. The molecule has 0 aromatic rings. The minimum absolute atomic E-state index is 0.228. The summed E-state index contributed by atoms with van der Waals surface area (Å²) in [5.41, 5.74) is 0.251. The van der Waals surface area contributed by atoms with E-state index in [0.29, 0.717) is 12.3 Å². The van der Waals surface area contributed by atoms with Gasteiger partial charge in [0.2, 0.25) is 0 Å². The Bertz CT molecular complexity index is 202. The Kier molecular flexibility index (Phi) is 3.67. The summed E-state index contributed by atoms with van der Waals surface area (Å²) in [5.74, 6) is 0.780. The highest BCUT2D eigenvalue weighted by molar-refractivity contribution is 5.80. The minimum atomic E-state index is 0.228. The number of nitrogens with zero attached hydrogens (tertiary/aromatic N) is 1. The number of likely N-dealkylation sites (tertiary alicyclic amines) is 1. The molecule has 0 unspecified atom stereocenters. The highest BCUT2D eigenvalue weighted by atomic mass is 16.5. The van der Waals surface area contributed by atoms with E-state index in [1.54, 1.807) is 7.11 Å². The van der Waals surface area contributed by atoms with Crippen molar-refractivity contribution in [1.29, 1.82) is 0 Å². The number of hydrogen-bond acceptors (Lipinski definition) is 3. The first-order valence-electron chi connectivity index (χ1n) is 5.19. The van der Waals surface area contributed by atoms with Gasteiger partial charge in [0.15, 0.2) is 5.78 Å². The quantitative estimate of drug-likeness (QED) is 0.684. The molecule has 0 N–H and O–H groups in total. The van der Waals surface area contributed by atoms with Crippen molar-refractivity contribution in [3.63, 3.8) is 0 Å². The molecular weight excluding hydrogens is 178 g/mol. The van der Waals surface area contributed by atoms with Crippen LogP contribution in [0, 0.1) is 5.92 Å². The Balaban J connectivity index is 2.19. The predicted molar refractivity (Wildman–Crippen MR) is 56.3 cm³/mol. The van der Waals surface area contributed by atoms with Crippen LogP contribution in [-0.2, 0) is 9.53 Å². The van der Waals surface area contributed by atoms with E-state index in [0.717, 1.165) is 13.1 Å². The van der Waals surface area contributed by atoms with Crippen LogP contribution in [0.4, 0.5) is 0 Å². The van der Waals surface area contributed by atoms with Crippen molar-refractivity contribution in [2.45, 2.75) is 32.7 Å². The number of Topliss-reactive ketones (excluding diaryl/α,β-unsaturated/α-hetero) is 1. The van der Waals surface area contributed by atoms with Crippen LogP contribution in [0.2, 0.25) is 0 Å². The van der Waals surface area contributed by atoms with Crippen LogP contribution in [0.5, 0.6) is 0 Å². The van der Waals surface area contributed by atoms with Crippen LogP contribution in [0.15, 0.2) is 0 Å². The number of methoxy groups -OCH3 is 1. The van der Waals surface area contributed by atoms with Gasteiger partial charge in [0.05, 0.1) is 0 Å². The zero-order valence-electron chi connectivity index (χ0n) is 9.67. The molecule has 0 atom stereocenters. The van der Waals surface area contributed by atoms with Gasteiger partial charge in [-0.25, -0.2) is 0 Å². The molecule has 0 aromatic heterocycles. The Hall–Kier alpha value is -0.410. The van der Waals surface area contributed by atoms with E-state index in [9.17, 15) is 4.79 Å².